The summed E-state index contributed by atoms with van der Waals surface area (Å²) in [5.74, 6) is 0.451. The van der Waals surface area contributed by atoms with E-state index in [4.69, 9.17) is 0 Å². The molecule has 0 fully saturated rings. The second-order valence-electron chi connectivity index (χ2n) is 4.77. The molecule has 1 nitrogen and oxygen atoms in total. The highest BCUT2D eigenvalue weighted by atomic mass is 19.1. The Balaban J connectivity index is 2.17. The Kier molecular flexibility index (Phi) is 3.47. The van der Waals surface area contributed by atoms with E-state index in [-0.39, 0.29) is 0 Å². The molecule has 1 aromatic rings. The predicted octanol–water partition coefficient (Wildman–Crippen LogP) is 4.10. The van der Waals surface area contributed by atoms with Gasteiger partial charge in [-0.2, -0.15) is 0 Å². The monoisotopic (exact) mass is 221 g/mol. The van der Waals surface area contributed by atoms with Crippen molar-refractivity contribution in [2.24, 2.45) is 5.92 Å². The zero-order valence-electron chi connectivity index (χ0n) is 10.1. The average molecular weight is 221 g/mol. The summed E-state index contributed by atoms with van der Waals surface area (Å²) in [7, 11) is 0. The Labute approximate surface area is 97.1 Å². The first kappa shape index (κ1) is 11.4. The smallest absolute Gasteiger partial charge is 0.127 e. The maximum Gasteiger partial charge on any atom is 0.127 e. The van der Waals surface area contributed by atoms with Crippen LogP contribution in [-0.2, 0) is 6.42 Å². The first-order valence-electron chi connectivity index (χ1n) is 6.22. The molecule has 0 bridgehead atoms. The lowest BCUT2D eigenvalue weighted by atomic mass is 9.95. The van der Waals surface area contributed by atoms with Gasteiger partial charge in [-0.1, -0.05) is 38.5 Å². The van der Waals surface area contributed by atoms with Crippen molar-refractivity contribution in [3.8, 4) is 0 Å². The normalized spacial score (nSPS) is 17.7. The van der Waals surface area contributed by atoms with Crippen LogP contribution in [0.5, 0.6) is 0 Å². The maximum atomic E-state index is 14.2. The lowest BCUT2D eigenvalue weighted by Crippen LogP contribution is -2.03. The summed E-state index contributed by atoms with van der Waals surface area (Å²) in [6, 6.07) is 5.99. The molecule has 88 valence electrons. The molecule has 0 aromatic heterocycles. The van der Waals surface area contributed by atoms with E-state index in [2.05, 4.69) is 25.2 Å². The molecular formula is C14H20FN. The Morgan fingerprint density at radius 2 is 2.25 bits per heavy atom. The molecule has 2 heteroatoms. The van der Waals surface area contributed by atoms with E-state index < -0.39 is 6.17 Å². The van der Waals surface area contributed by atoms with Crippen LogP contribution in [-0.4, -0.2) is 6.54 Å². The van der Waals surface area contributed by atoms with Crippen molar-refractivity contribution in [3.63, 3.8) is 0 Å². The number of hydrogen-bond donors (Lipinski definition) is 1. The Morgan fingerprint density at radius 3 is 3.00 bits per heavy atom. The van der Waals surface area contributed by atoms with Gasteiger partial charge in [-0.05, 0) is 24.3 Å². The Hall–Kier alpha value is -1.05. The molecule has 0 radical (unpaired) electrons. The number of para-hydroxylation sites is 1. The van der Waals surface area contributed by atoms with E-state index in [0.29, 0.717) is 12.3 Å². The molecular weight excluding hydrogens is 201 g/mol. The minimum absolute atomic E-state index is 0.451. The lowest BCUT2D eigenvalue weighted by molar-refractivity contribution is 0.279. The second kappa shape index (κ2) is 4.86. The van der Waals surface area contributed by atoms with Gasteiger partial charge in [0.05, 0.1) is 0 Å². The van der Waals surface area contributed by atoms with Gasteiger partial charge < -0.3 is 5.32 Å². The number of alkyl halides is 1. The standard InChI is InChI=1S/C14H20FN/c1-3-10(2)9-13(15)12-6-4-5-11-7-8-16-14(11)12/h4-6,10,13,16H,3,7-9H2,1-2H3. The number of anilines is 1. The molecule has 2 rings (SSSR count). The number of halogens is 1. The molecule has 1 aliphatic rings. The van der Waals surface area contributed by atoms with E-state index in [0.717, 1.165) is 30.6 Å². The van der Waals surface area contributed by atoms with Crippen molar-refractivity contribution in [1.29, 1.82) is 0 Å². The third kappa shape index (κ3) is 2.21. The molecule has 1 heterocycles. The minimum atomic E-state index is -0.824. The topological polar surface area (TPSA) is 12.0 Å². The van der Waals surface area contributed by atoms with Gasteiger partial charge in [0.2, 0.25) is 0 Å². The quantitative estimate of drug-likeness (QED) is 0.807. The second-order valence-corrected chi connectivity index (χ2v) is 4.77. The minimum Gasteiger partial charge on any atom is -0.384 e. The van der Waals surface area contributed by atoms with Crippen LogP contribution in [0.3, 0.4) is 0 Å². The van der Waals surface area contributed by atoms with Gasteiger partial charge in [-0.25, -0.2) is 4.39 Å². The highest BCUT2D eigenvalue weighted by molar-refractivity contribution is 5.61. The number of benzene rings is 1. The predicted molar refractivity (Wildman–Crippen MR) is 66.6 cm³/mol. The molecule has 0 amide bonds. The van der Waals surface area contributed by atoms with Crippen molar-refractivity contribution < 1.29 is 4.39 Å². The molecule has 0 spiro atoms. The van der Waals surface area contributed by atoms with E-state index in [1.807, 2.05) is 12.1 Å². The van der Waals surface area contributed by atoms with E-state index in [1.54, 1.807) is 0 Å². The van der Waals surface area contributed by atoms with Crippen LogP contribution in [0.1, 0.15) is 44.0 Å². The summed E-state index contributed by atoms with van der Waals surface area (Å²) in [4.78, 5) is 0. The highest BCUT2D eigenvalue weighted by Crippen LogP contribution is 2.35. The van der Waals surface area contributed by atoms with Crippen molar-refractivity contribution in [2.75, 3.05) is 11.9 Å². The molecule has 2 atom stereocenters. The van der Waals surface area contributed by atoms with E-state index in [1.165, 1.54) is 5.56 Å². The van der Waals surface area contributed by atoms with Crippen LogP contribution in [0.4, 0.5) is 10.1 Å². The molecule has 1 N–H and O–H groups in total. The zero-order valence-corrected chi connectivity index (χ0v) is 10.1. The van der Waals surface area contributed by atoms with E-state index in [9.17, 15) is 4.39 Å². The molecule has 1 aromatic carbocycles. The average Bonchev–Trinajstić information content (AvgIpc) is 2.76. The summed E-state index contributed by atoms with van der Waals surface area (Å²) in [5.41, 5.74) is 3.18. The maximum absolute atomic E-state index is 14.2. The fourth-order valence-corrected chi connectivity index (χ4v) is 2.27. The molecule has 16 heavy (non-hydrogen) atoms. The largest absolute Gasteiger partial charge is 0.384 e. The Bertz CT molecular complexity index is 362. The summed E-state index contributed by atoms with van der Waals surface area (Å²) < 4.78 is 14.2. The Morgan fingerprint density at radius 1 is 1.44 bits per heavy atom. The number of hydrogen-bond acceptors (Lipinski definition) is 1. The first-order chi connectivity index (χ1) is 7.72. The van der Waals surface area contributed by atoms with Crippen molar-refractivity contribution in [2.45, 2.75) is 39.3 Å². The summed E-state index contributed by atoms with van der Waals surface area (Å²) in [6.45, 7) is 5.18. The van der Waals surface area contributed by atoms with Crippen LogP contribution in [0, 0.1) is 5.92 Å². The van der Waals surface area contributed by atoms with Gasteiger partial charge in [0.25, 0.3) is 0 Å². The molecule has 1 aliphatic heterocycles. The van der Waals surface area contributed by atoms with Gasteiger partial charge in [0.15, 0.2) is 0 Å². The van der Waals surface area contributed by atoms with Gasteiger partial charge in [0, 0.05) is 17.8 Å². The van der Waals surface area contributed by atoms with Crippen LogP contribution in [0.2, 0.25) is 0 Å². The highest BCUT2D eigenvalue weighted by Gasteiger charge is 2.21. The van der Waals surface area contributed by atoms with Crippen LogP contribution in [0.15, 0.2) is 18.2 Å². The molecule has 2 unspecified atom stereocenters. The fourth-order valence-electron chi connectivity index (χ4n) is 2.27. The van der Waals surface area contributed by atoms with Crippen LogP contribution >= 0.6 is 0 Å². The third-order valence-electron chi connectivity index (χ3n) is 3.52. The van der Waals surface area contributed by atoms with Crippen LogP contribution in [0.25, 0.3) is 0 Å². The summed E-state index contributed by atoms with van der Waals surface area (Å²) in [5, 5.41) is 3.30. The fraction of sp³-hybridized carbons (Fsp3) is 0.571. The van der Waals surface area contributed by atoms with Gasteiger partial charge in [0.1, 0.15) is 6.17 Å². The SMILES string of the molecule is CCC(C)CC(F)c1cccc2c1NCC2. The third-order valence-corrected chi connectivity index (χ3v) is 3.52. The van der Waals surface area contributed by atoms with Gasteiger partial charge in [-0.15, -0.1) is 0 Å². The number of rotatable bonds is 4. The zero-order chi connectivity index (χ0) is 11.5. The first-order valence-corrected chi connectivity index (χ1v) is 6.22. The number of fused-ring (bicyclic) bond motifs is 1. The lowest BCUT2D eigenvalue weighted by Gasteiger charge is -2.16. The summed E-state index contributed by atoms with van der Waals surface area (Å²) in [6.07, 6.45) is 1.88. The van der Waals surface area contributed by atoms with Gasteiger partial charge in [-0.3, -0.25) is 0 Å². The number of nitrogens with one attached hydrogen (secondary N) is 1. The molecule has 0 aliphatic carbocycles. The van der Waals surface area contributed by atoms with Crippen molar-refractivity contribution in [1.82, 2.24) is 0 Å². The molecule has 0 saturated heterocycles. The van der Waals surface area contributed by atoms with E-state index >= 15 is 0 Å². The molecule has 0 saturated carbocycles. The van der Waals surface area contributed by atoms with Crippen LogP contribution < -0.4 is 5.32 Å². The van der Waals surface area contributed by atoms with Crippen molar-refractivity contribution >= 4 is 5.69 Å². The summed E-state index contributed by atoms with van der Waals surface area (Å²) >= 11 is 0. The van der Waals surface area contributed by atoms with Crippen molar-refractivity contribution in [3.05, 3.63) is 29.3 Å². The van der Waals surface area contributed by atoms with Gasteiger partial charge >= 0.3 is 0 Å².